The van der Waals surface area contributed by atoms with Crippen molar-refractivity contribution in [2.24, 2.45) is 74.4 Å². The monoisotopic (exact) mass is 821 g/mol. The maximum absolute atomic E-state index is 2.68. The van der Waals surface area contributed by atoms with Crippen LogP contribution in [-0.4, -0.2) is 0 Å². The van der Waals surface area contributed by atoms with Crippen LogP contribution in [-0.2, 0) is 11.8 Å². The van der Waals surface area contributed by atoms with Gasteiger partial charge < -0.3 is 0 Å². The molecule has 8 aliphatic carbocycles. The number of allylic oxidation sites excluding steroid dienone is 6. The van der Waals surface area contributed by atoms with E-state index in [1.807, 2.05) is 5.57 Å². The van der Waals surface area contributed by atoms with Gasteiger partial charge in [0.1, 0.15) is 0 Å². The minimum atomic E-state index is 0. The fraction of sp³-hybridized carbons (Fsp3) is 0.800. The van der Waals surface area contributed by atoms with Crippen LogP contribution in [0.2, 0.25) is 0 Å². The Kier molecular flexibility index (Phi) is 13.2. The molecule has 8 aliphatic rings. The Bertz CT molecular complexity index is 1780. The Balaban J connectivity index is 0.000000152. The second kappa shape index (κ2) is 17.1. The lowest BCUT2D eigenvalue weighted by atomic mass is 9.46. The van der Waals surface area contributed by atoms with E-state index in [9.17, 15) is 0 Å². The van der Waals surface area contributed by atoms with E-state index in [-0.39, 0.29) is 1.43 Å². The van der Waals surface area contributed by atoms with Crippen LogP contribution < -0.4 is 0 Å². The smallest absolute Gasteiger partial charge is 0 e. The standard InChI is InChI=1S/C20H34.C20H32.C20H30.H2/c3*1-14(2)15-7-9-17-16(13-15)8-10-18-19(3,4)11-6-12-20(17,18)5;/h8,14-15,17-18H,6-7,9-13H2,1-5H3;8,13-14,17-18H,6-7,9-12H2,1-5H3;7,9,13-14,18H,6,8,10-12H2,1-5H3;1H/i;;;1+2. The van der Waals surface area contributed by atoms with Crippen LogP contribution in [0.3, 0.4) is 0 Å². The molecule has 338 valence electrons. The minimum absolute atomic E-state index is 0. The van der Waals surface area contributed by atoms with Crippen molar-refractivity contribution in [3.63, 3.8) is 0 Å². The topological polar surface area (TPSA) is 0 Å². The van der Waals surface area contributed by atoms with Crippen molar-refractivity contribution in [3.05, 3.63) is 69.8 Å². The lowest BCUT2D eigenvalue weighted by Crippen LogP contribution is -2.49. The maximum atomic E-state index is 2.68. The molecule has 4 saturated carbocycles. The Labute approximate surface area is 375 Å². The Morgan fingerprint density at radius 2 is 1.15 bits per heavy atom. The molecule has 0 radical (unpaired) electrons. The van der Waals surface area contributed by atoms with Crippen molar-refractivity contribution in [2.45, 2.75) is 231 Å². The molecule has 9 rings (SSSR count). The first-order chi connectivity index (χ1) is 28.0. The van der Waals surface area contributed by atoms with Gasteiger partial charge in [-0.2, -0.15) is 0 Å². The van der Waals surface area contributed by atoms with Gasteiger partial charge in [-0.25, -0.2) is 0 Å². The van der Waals surface area contributed by atoms with Gasteiger partial charge in [-0.15, -0.1) is 0 Å². The van der Waals surface area contributed by atoms with Crippen molar-refractivity contribution >= 4 is 0 Å². The predicted octanol–water partition coefficient (Wildman–Crippen LogP) is 18.4. The summed E-state index contributed by atoms with van der Waals surface area (Å²) in [5, 5.41) is 0. The number of hydrogen-bond donors (Lipinski definition) is 0. The molecule has 0 aromatic heterocycles. The van der Waals surface area contributed by atoms with E-state index < -0.39 is 0 Å². The molecule has 0 nitrogen and oxygen atoms in total. The van der Waals surface area contributed by atoms with Crippen LogP contribution in [0, 0.1) is 74.4 Å². The number of rotatable bonds is 3. The molecule has 60 heavy (non-hydrogen) atoms. The lowest BCUT2D eigenvalue weighted by molar-refractivity contribution is -0.0479. The Hall–Kier alpha value is -1.56. The van der Waals surface area contributed by atoms with Gasteiger partial charge in [-0.1, -0.05) is 171 Å². The van der Waals surface area contributed by atoms with Crippen molar-refractivity contribution in [3.8, 4) is 0 Å². The molecule has 9 unspecified atom stereocenters. The van der Waals surface area contributed by atoms with Gasteiger partial charge in [-0.05, 0) is 204 Å². The van der Waals surface area contributed by atoms with Crippen LogP contribution in [0.15, 0.2) is 53.1 Å². The number of benzene rings is 1. The van der Waals surface area contributed by atoms with Crippen LogP contribution in [0.1, 0.15) is 237 Å². The summed E-state index contributed by atoms with van der Waals surface area (Å²) < 4.78 is 0. The molecular weight excluding hydrogens is 721 g/mol. The van der Waals surface area contributed by atoms with Gasteiger partial charge in [0.05, 0.1) is 0 Å². The third-order valence-corrected chi connectivity index (χ3v) is 20.6. The van der Waals surface area contributed by atoms with E-state index in [2.05, 4.69) is 140 Å². The molecule has 0 N–H and O–H groups in total. The summed E-state index contributed by atoms with van der Waals surface area (Å²) in [6.07, 6.45) is 33.2. The highest BCUT2D eigenvalue weighted by Gasteiger charge is 2.55. The predicted molar refractivity (Wildman–Crippen MR) is 265 cm³/mol. The molecule has 0 aliphatic heterocycles. The minimum Gasteiger partial charge on any atom is -0.0847 e. The normalized spacial score (nSPS) is 38.4. The first-order valence-electron chi connectivity index (χ1n) is 26.3. The van der Waals surface area contributed by atoms with Crippen LogP contribution >= 0.6 is 0 Å². The molecule has 9 atom stereocenters. The van der Waals surface area contributed by atoms with E-state index in [4.69, 9.17) is 0 Å². The molecule has 0 amide bonds. The van der Waals surface area contributed by atoms with Gasteiger partial charge >= 0.3 is 0 Å². The largest absolute Gasteiger partial charge is 0.0847 e. The first kappa shape index (κ1) is 46.4. The van der Waals surface area contributed by atoms with Crippen molar-refractivity contribution in [1.29, 1.82) is 0 Å². The third-order valence-electron chi connectivity index (χ3n) is 20.6. The number of aryl methyl sites for hydroxylation is 1. The summed E-state index contributed by atoms with van der Waals surface area (Å²) in [5.41, 5.74) is 13.3. The average molecular weight is 821 g/mol. The second-order valence-electron chi connectivity index (χ2n) is 26.5. The molecule has 4 fully saturated rings. The van der Waals surface area contributed by atoms with Crippen molar-refractivity contribution in [2.75, 3.05) is 0 Å². The van der Waals surface area contributed by atoms with Crippen LogP contribution in [0.5, 0.6) is 0 Å². The fourth-order valence-corrected chi connectivity index (χ4v) is 16.9. The molecule has 0 saturated heterocycles. The zero-order valence-corrected chi connectivity index (χ0v) is 42.4. The molecule has 1 aromatic rings. The molecule has 0 heteroatoms. The molecule has 0 heterocycles. The van der Waals surface area contributed by atoms with E-state index in [0.717, 1.165) is 47.3 Å². The van der Waals surface area contributed by atoms with Crippen molar-refractivity contribution < 1.29 is 1.43 Å². The molecule has 0 bridgehead atoms. The van der Waals surface area contributed by atoms with E-state index >= 15 is 0 Å². The Morgan fingerprint density at radius 1 is 0.567 bits per heavy atom. The summed E-state index contributed by atoms with van der Waals surface area (Å²) in [4.78, 5) is 0. The van der Waals surface area contributed by atoms with Crippen LogP contribution in [0.4, 0.5) is 0 Å². The summed E-state index contributed by atoms with van der Waals surface area (Å²) in [7, 11) is 0. The molecule has 0 spiro atoms. The average Bonchev–Trinajstić information content (AvgIpc) is 3.17. The highest BCUT2D eigenvalue weighted by Crippen LogP contribution is 2.64. The first-order valence-corrected chi connectivity index (χ1v) is 26.3. The molecular formula is C60H98. The summed E-state index contributed by atoms with van der Waals surface area (Å²) in [5.74, 6) is 7.62. The van der Waals surface area contributed by atoms with E-state index in [0.29, 0.717) is 38.4 Å². The van der Waals surface area contributed by atoms with Gasteiger partial charge in [0.2, 0.25) is 0 Å². The zero-order chi connectivity index (χ0) is 43.6. The highest BCUT2D eigenvalue weighted by atomic mass is 14.6. The van der Waals surface area contributed by atoms with E-state index in [1.165, 1.54) is 121 Å². The zero-order valence-electron chi connectivity index (χ0n) is 42.4. The van der Waals surface area contributed by atoms with Gasteiger partial charge in [0.15, 0.2) is 0 Å². The third kappa shape index (κ3) is 8.55. The maximum Gasteiger partial charge on any atom is 0 e. The highest BCUT2D eigenvalue weighted by molar-refractivity contribution is 5.42. The fourth-order valence-electron chi connectivity index (χ4n) is 16.9. The lowest BCUT2D eigenvalue weighted by Gasteiger charge is -2.58. The van der Waals surface area contributed by atoms with Gasteiger partial charge in [-0.3, -0.25) is 0 Å². The number of fused-ring (bicyclic) bond motifs is 9. The SMILES string of the molecule is CC(C)C1=CC2=CCC3C(C)(C)CCCC3(C)C2CC1.CC(C)C1CCC2C(=CCC3C(C)(C)CCCC23C)C1.CC(C)c1ccc2c(c1)CCC1C(C)(C)CCCC21C.[3HH]. The number of hydrogen-bond acceptors (Lipinski definition) is 0. The van der Waals surface area contributed by atoms with Gasteiger partial charge in [0.25, 0.3) is 0 Å². The molecule has 1 aromatic carbocycles. The van der Waals surface area contributed by atoms with Gasteiger partial charge in [0, 0.05) is 1.43 Å². The van der Waals surface area contributed by atoms with Crippen molar-refractivity contribution in [1.82, 2.24) is 0 Å². The summed E-state index contributed by atoms with van der Waals surface area (Å²) in [6, 6.07) is 7.36. The summed E-state index contributed by atoms with van der Waals surface area (Å²) in [6.45, 7) is 37.1. The van der Waals surface area contributed by atoms with E-state index in [1.54, 1.807) is 22.3 Å². The quantitative estimate of drug-likeness (QED) is 0.267. The Morgan fingerprint density at radius 3 is 1.75 bits per heavy atom. The second-order valence-corrected chi connectivity index (χ2v) is 26.5. The summed E-state index contributed by atoms with van der Waals surface area (Å²) >= 11 is 0. The van der Waals surface area contributed by atoms with Crippen LogP contribution in [0.25, 0.3) is 0 Å².